The predicted molar refractivity (Wildman–Crippen MR) is 173 cm³/mol. The van der Waals surface area contributed by atoms with Crippen molar-refractivity contribution in [3.63, 3.8) is 0 Å². The third-order valence-corrected chi connectivity index (χ3v) is 9.20. The molecule has 2 heterocycles. The lowest BCUT2D eigenvalue weighted by atomic mass is 9.58. The Bertz CT molecular complexity index is 1620. The van der Waals surface area contributed by atoms with Crippen LogP contribution < -0.4 is 4.74 Å². The third kappa shape index (κ3) is 6.99. The Balaban J connectivity index is 1.67. The first-order valence-corrected chi connectivity index (χ1v) is 15.7. The first kappa shape index (κ1) is 31.3. The second-order valence-electron chi connectivity index (χ2n) is 12.6. The van der Waals surface area contributed by atoms with Gasteiger partial charge in [0.15, 0.2) is 0 Å². The number of methoxy groups -OCH3 is 1. The van der Waals surface area contributed by atoms with Gasteiger partial charge in [0, 0.05) is 39.5 Å². The van der Waals surface area contributed by atoms with E-state index in [4.69, 9.17) is 26.1 Å². The van der Waals surface area contributed by atoms with Gasteiger partial charge in [-0.25, -0.2) is 14.2 Å². The van der Waals surface area contributed by atoms with Crippen LogP contribution in [0.4, 0.5) is 9.18 Å². The third-order valence-electron chi connectivity index (χ3n) is 8.45. The van der Waals surface area contributed by atoms with Crippen molar-refractivity contribution < 1.29 is 18.7 Å². The summed E-state index contributed by atoms with van der Waals surface area (Å²) in [6.45, 7) is 8.86. The van der Waals surface area contributed by atoms with Crippen LogP contribution in [-0.4, -0.2) is 41.8 Å². The molecule has 1 fully saturated rings. The average Bonchev–Trinajstić information content (AvgIpc) is 2.94. The van der Waals surface area contributed by atoms with Crippen LogP contribution in [0, 0.1) is 17.2 Å². The summed E-state index contributed by atoms with van der Waals surface area (Å²) in [4.78, 5) is 20.0. The lowest BCUT2D eigenvalue weighted by molar-refractivity contribution is -0.00939. The van der Waals surface area contributed by atoms with Crippen LogP contribution in [0.2, 0.25) is 5.02 Å². The molecule has 0 aliphatic carbocycles. The maximum Gasteiger partial charge on any atom is 0.410 e. The summed E-state index contributed by atoms with van der Waals surface area (Å²) in [6, 6.07) is 22.8. The Kier molecular flexibility index (Phi) is 9.05. The predicted octanol–water partition coefficient (Wildman–Crippen LogP) is 9.44. The van der Waals surface area contributed by atoms with Gasteiger partial charge in [0.25, 0.3) is 0 Å². The van der Waals surface area contributed by atoms with Crippen LogP contribution in [0.5, 0.6) is 5.88 Å². The summed E-state index contributed by atoms with van der Waals surface area (Å²) in [6.07, 6.45) is 0.919. The van der Waals surface area contributed by atoms with Gasteiger partial charge in [-0.2, -0.15) is 0 Å². The molecule has 5 rings (SSSR count). The number of benzene rings is 3. The number of hydrogen-bond acceptors (Lipinski definition) is 4. The number of aromatic nitrogens is 1. The van der Waals surface area contributed by atoms with Crippen molar-refractivity contribution in [3.05, 3.63) is 105 Å². The average molecular weight is 668 g/mol. The number of pyridine rings is 1. The molecule has 1 amide bonds. The van der Waals surface area contributed by atoms with Crippen LogP contribution in [0.25, 0.3) is 10.9 Å². The molecule has 0 N–H and O–H groups in total. The number of likely N-dealkylation sites (tertiary alicyclic amines) is 1. The highest BCUT2D eigenvalue weighted by atomic mass is 79.9. The zero-order chi connectivity index (χ0) is 30.9. The number of hydrogen-bond donors (Lipinski definition) is 0. The molecule has 0 radical (unpaired) electrons. The summed E-state index contributed by atoms with van der Waals surface area (Å²) in [5.74, 6) is 0.0448. The SMILES string of the molecule is COc1nc2ccc(Br)cc2cc1C(c1ccc(Cl)cc1)C1(C)CCN(C(=O)OC(C)(C)C)CC1Cc1cccc(F)c1. The highest BCUT2D eigenvalue weighted by Crippen LogP contribution is 2.54. The molecule has 1 saturated heterocycles. The van der Waals surface area contributed by atoms with Gasteiger partial charge in [-0.15, -0.1) is 0 Å². The summed E-state index contributed by atoms with van der Waals surface area (Å²) < 4.78 is 27.1. The number of piperidine rings is 1. The minimum Gasteiger partial charge on any atom is -0.481 e. The van der Waals surface area contributed by atoms with E-state index >= 15 is 0 Å². The Morgan fingerprint density at radius 1 is 1.14 bits per heavy atom. The lowest BCUT2D eigenvalue weighted by Crippen LogP contribution is -2.52. The van der Waals surface area contributed by atoms with Gasteiger partial charge in [-0.05, 0) is 105 Å². The van der Waals surface area contributed by atoms with Gasteiger partial charge >= 0.3 is 6.09 Å². The van der Waals surface area contributed by atoms with Crippen LogP contribution >= 0.6 is 27.5 Å². The molecule has 0 spiro atoms. The van der Waals surface area contributed by atoms with Gasteiger partial charge in [0.2, 0.25) is 5.88 Å². The molecule has 3 aromatic carbocycles. The van der Waals surface area contributed by atoms with E-state index in [0.29, 0.717) is 36.8 Å². The minimum atomic E-state index is -0.611. The van der Waals surface area contributed by atoms with Gasteiger partial charge < -0.3 is 14.4 Å². The first-order chi connectivity index (χ1) is 20.4. The van der Waals surface area contributed by atoms with Gasteiger partial charge in [0.1, 0.15) is 11.4 Å². The van der Waals surface area contributed by atoms with Crippen molar-refractivity contribution in [1.82, 2.24) is 9.88 Å². The fourth-order valence-electron chi connectivity index (χ4n) is 6.35. The number of carbonyl (C=O) groups excluding carboxylic acids is 1. The Hall–Kier alpha value is -3.16. The fraction of sp³-hybridized carbons (Fsp3) is 0.371. The van der Waals surface area contributed by atoms with Crippen LogP contribution in [0.15, 0.2) is 77.3 Å². The van der Waals surface area contributed by atoms with Crippen LogP contribution in [0.3, 0.4) is 0 Å². The Morgan fingerprint density at radius 3 is 2.56 bits per heavy atom. The van der Waals surface area contributed by atoms with E-state index in [1.165, 1.54) is 6.07 Å². The van der Waals surface area contributed by atoms with E-state index in [-0.39, 0.29) is 23.7 Å². The molecule has 1 aliphatic heterocycles. The molecule has 3 unspecified atom stereocenters. The lowest BCUT2D eigenvalue weighted by Gasteiger charge is -2.50. The zero-order valence-corrected chi connectivity index (χ0v) is 27.5. The molecule has 226 valence electrons. The van der Waals surface area contributed by atoms with Crippen molar-refractivity contribution in [1.29, 1.82) is 0 Å². The molecule has 3 atom stereocenters. The summed E-state index contributed by atoms with van der Waals surface area (Å²) in [5, 5.41) is 1.64. The summed E-state index contributed by atoms with van der Waals surface area (Å²) in [5.41, 5.74) is 2.72. The number of amides is 1. The zero-order valence-electron chi connectivity index (χ0n) is 25.2. The number of carbonyl (C=O) groups is 1. The van der Waals surface area contributed by atoms with Gasteiger partial charge in [-0.1, -0.05) is 58.7 Å². The van der Waals surface area contributed by atoms with Crippen molar-refractivity contribution in [2.45, 2.75) is 52.1 Å². The maximum absolute atomic E-state index is 14.4. The molecule has 1 aromatic heterocycles. The molecule has 4 aromatic rings. The smallest absolute Gasteiger partial charge is 0.410 e. The number of nitrogens with zero attached hydrogens (tertiary/aromatic N) is 2. The standard InChI is InChI=1S/C35H37BrClFN2O3/c1-34(2,3)43-33(41)40-16-15-35(4,25(21-40)17-22-7-6-8-28(38)18-22)31(23-9-12-27(37)13-10-23)29-20-24-19-26(36)11-14-30(24)39-32(29)42-5/h6-14,18-20,25,31H,15-17,21H2,1-5H3. The highest BCUT2D eigenvalue weighted by molar-refractivity contribution is 9.10. The molecule has 1 aliphatic rings. The van der Waals surface area contributed by atoms with Gasteiger partial charge in [-0.3, -0.25) is 0 Å². The molecular formula is C35H37BrClFN2O3. The first-order valence-electron chi connectivity index (χ1n) is 14.5. The molecule has 5 nitrogen and oxygen atoms in total. The quantitative estimate of drug-likeness (QED) is 0.206. The van der Waals surface area contributed by atoms with E-state index in [0.717, 1.165) is 32.1 Å². The normalized spacial score (nSPS) is 19.7. The number of rotatable bonds is 6. The van der Waals surface area contributed by atoms with Crippen molar-refractivity contribution in [2.24, 2.45) is 11.3 Å². The number of fused-ring (bicyclic) bond motifs is 1. The summed E-state index contributed by atoms with van der Waals surface area (Å²) in [7, 11) is 1.65. The van der Waals surface area contributed by atoms with Crippen molar-refractivity contribution in [3.8, 4) is 5.88 Å². The van der Waals surface area contributed by atoms with Gasteiger partial charge in [0.05, 0.1) is 12.6 Å². The topological polar surface area (TPSA) is 51.7 Å². The summed E-state index contributed by atoms with van der Waals surface area (Å²) >= 11 is 9.97. The van der Waals surface area contributed by atoms with Crippen LogP contribution in [-0.2, 0) is 11.2 Å². The fourth-order valence-corrected chi connectivity index (χ4v) is 6.86. The van der Waals surface area contributed by atoms with E-state index < -0.39 is 11.0 Å². The van der Waals surface area contributed by atoms with E-state index in [1.54, 1.807) is 24.1 Å². The van der Waals surface area contributed by atoms with E-state index in [2.05, 4.69) is 47.1 Å². The maximum atomic E-state index is 14.4. The molecule has 0 saturated carbocycles. The molecule has 43 heavy (non-hydrogen) atoms. The van der Waals surface area contributed by atoms with E-state index in [1.807, 2.05) is 51.1 Å². The number of halogens is 3. The second-order valence-corrected chi connectivity index (χ2v) is 14.0. The molecular weight excluding hydrogens is 631 g/mol. The van der Waals surface area contributed by atoms with Crippen LogP contribution in [0.1, 0.15) is 56.7 Å². The Morgan fingerprint density at radius 2 is 1.88 bits per heavy atom. The van der Waals surface area contributed by atoms with Crippen molar-refractivity contribution >= 4 is 44.5 Å². The Labute approximate surface area is 266 Å². The largest absolute Gasteiger partial charge is 0.481 e. The molecule has 8 heteroatoms. The van der Waals surface area contributed by atoms with Crippen molar-refractivity contribution in [2.75, 3.05) is 20.2 Å². The molecule has 0 bridgehead atoms. The second kappa shape index (κ2) is 12.4. The monoisotopic (exact) mass is 666 g/mol. The minimum absolute atomic E-state index is 0.0563. The highest BCUT2D eigenvalue weighted by Gasteiger charge is 2.48. The number of ether oxygens (including phenoxy) is 2. The van der Waals surface area contributed by atoms with E-state index in [9.17, 15) is 9.18 Å².